The molecule has 5 heteroatoms. The number of hydrogen-bond acceptors (Lipinski definition) is 4. The van der Waals surface area contributed by atoms with Gasteiger partial charge in [-0.3, -0.25) is 9.58 Å². The number of benzene rings is 1. The molecule has 0 aliphatic carbocycles. The van der Waals surface area contributed by atoms with E-state index in [1.165, 1.54) is 11.1 Å². The van der Waals surface area contributed by atoms with Crippen molar-refractivity contribution < 1.29 is 9.47 Å². The van der Waals surface area contributed by atoms with Gasteiger partial charge in [0.1, 0.15) is 6.10 Å². The highest BCUT2D eigenvalue weighted by molar-refractivity contribution is 5.82. The van der Waals surface area contributed by atoms with Gasteiger partial charge in [0.2, 0.25) is 0 Å². The molecule has 1 aromatic heterocycles. The van der Waals surface area contributed by atoms with Crippen LogP contribution in [0.2, 0.25) is 0 Å². The second-order valence-electron chi connectivity index (χ2n) is 5.54. The van der Waals surface area contributed by atoms with Crippen molar-refractivity contribution in [3.8, 4) is 0 Å². The molecule has 0 amide bonds. The van der Waals surface area contributed by atoms with Crippen molar-refractivity contribution in [1.82, 2.24) is 14.7 Å². The molecule has 5 nitrogen and oxygen atoms in total. The van der Waals surface area contributed by atoms with Crippen molar-refractivity contribution in [3.63, 3.8) is 0 Å². The summed E-state index contributed by atoms with van der Waals surface area (Å²) in [4.78, 5) is 2.34. The maximum atomic E-state index is 6.10. The number of hydrogen-bond donors (Lipinski definition) is 0. The van der Waals surface area contributed by atoms with Gasteiger partial charge in [0.05, 0.1) is 43.6 Å². The molecule has 3 heterocycles. The number of aromatic nitrogens is 2. The van der Waals surface area contributed by atoms with Crippen LogP contribution in [-0.2, 0) is 16.0 Å². The maximum Gasteiger partial charge on any atom is 0.117 e. The molecule has 0 bridgehead atoms. The smallest absolute Gasteiger partial charge is 0.117 e. The second kappa shape index (κ2) is 4.84. The first-order valence-electron chi connectivity index (χ1n) is 7.19. The predicted molar refractivity (Wildman–Crippen MR) is 75.7 cm³/mol. The molecule has 20 heavy (non-hydrogen) atoms. The van der Waals surface area contributed by atoms with Crippen LogP contribution in [0.25, 0.3) is 10.9 Å². The molecule has 2 aliphatic heterocycles. The Morgan fingerprint density at radius 2 is 2.10 bits per heavy atom. The Morgan fingerprint density at radius 3 is 3.00 bits per heavy atom. The van der Waals surface area contributed by atoms with E-state index in [-0.39, 0.29) is 12.1 Å². The molecule has 4 rings (SSSR count). The average Bonchev–Trinajstić information content (AvgIpc) is 2.86. The summed E-state index contributed by atoms with van der Waals surface area (Å²) in [5.74, 6) is 0. The Hall–Kier alpha value is -1.43. The van der Waals surface area contributed by atoms with Crippen LogP contribution in [0.4, 0.5) is 0 Å². The third-order valence-electron chi connectivity index (χ3n) is 4.35. The largest absolute Gasteiger partial charge is 0.378 e. The normalized spacial score (nSPS) is 27.6. The average molecular weight is 273 g/mol. The van der Waals surface area contributed by atoms with Gasteiger partial charge in [-0.15, -0.1) is 0 Å². The van der Waals surface area contributed by atoms with E-state index in [1.807, 2.05) is 6.07 Å². The molecular weight excluding hydrogens is 254 g/mol. The number of nitrogens with zero attached hydrogens (tertiary/aromatic N) is 3. The van der Waals surface area contributed by atoms with E-state index in [1.54, 1.807) is 0 Å². The van der Waals surface area contributed by atoms with E-state index in [9.17, 15) is 0 Å². The van der Waals surface area contributed by atoms with Crippen LogP contribution in [0, 0.1) is 0 Å². The topological polar surface area (TPSA) is 39.5 Å². The lowest BCUT2D eigenvalue weighted by Gasteiger charge is -2.39. The van der Waals surface area contributed by atoms with E-state index >= 15 is 0 Å². The van der Waals surface area contributed by atoms with Gasteiger partial charge in [0.25, 0.3) is 0 Å². The van der Waals surface area contributed by atoms with Gasteiger partial charge in [0.15, 0.2) is 0 Å². The molecule has 0 spiro atoms. The lowest BCUT2D eigenvalue weighted by atomic mass is 10.0. The Morgan fingerprint density at radius 1 is 1.20 bits per heavy atom. The Kier molecular flexibility index (Phi) is 2.98. The van der Waals surface area contributed by atoms with Crippen LogP contribution >= 0.6 is 0 Å². The summed E-state index contributed by atoms with van der Waals surface area (Å²) < 4.78 is 13.9. The van der Waals surface area contributed by atoms with Gasteiger partial charge in [-0.2, -0.15) is 5.10 Å². The van der Waals surface area contributed by atoms with Crippen LogP contribution < -0.4 is 0 Å². The van der Waals surface area contributed by atoms with Crippen molar-refractivity contribution in [2.24, 2.45) is 0 Å². The second-order valence-corrected chi connectivity index (χ2v) is 5.54. The van der Waals surface area contributed by atoms with Crippen molar-refractivity contribution in [1.29, 1.82) is 0 Å². The number of fused-ring (bicyclic) bond motifs is 3. The zero-order valence-electron chi connectivity index (χ0n) is 11.7. The van der Waals surface area contributed by atoms with Crippen molar-refractivity contribution in [2.75, 3.05) is 33.4 Å². The van der Waals surface area contributed by atoms with Gasteiger partial charge < -0.3 is 9.47 Å². The van der Waals surface area contributed by atoms with Crippen LogP contribution in [-0.4, -0.2) is 54.1 Å². The van der Waals surface area contributed by atoms with Crippen LogP contribution in [0.3, 0.4) is 0 Å². The van der Waals surface area contributed by atoms with Gasteiger partial charge in [-0.05, 0) is 13.1 Å². The first-order chi connectivity index (χ1) is 9.84. The van der Waals surface area contributed by atoms with Crippen LogP contribution in [0.5, 0.6) is 0 Å². The summed E-state index contributed by atoms with van der Waals surface area (Å²) in [6.45, 7) is 4.03. The van der Waals surface area contributed by atoms with Crippen molar-refractivity contribution in [3.05, 3.63) is 30.0 Å². The molecule has 0 radical (unpaired) electrons. The highest BCUT2D eigenvalue weighted by atomic mass is 16.5. The standard InChI is InChI=1S/C15H19N3O2/c1-17-6-8-19-10-13(17)15-14-11-4-2-3-5-12(11)16-18(14)7-9-20-15/h2-5,13,15H,6-10H2,1H3/t13-,15-/m0/s1. The van der Waals surface area contributed by atoms with Crippen LogP contribution in [0.1, 0.15) is 11.8 Å². The first-order valence-corrected chi connectivity index (χ1v) is 7.19. The van der Waals surface area contributed by atoms with Crippen molar-refractivity contribution >= 4 is 10.9 Å². The summed E-state index contributed by atoms with van der Waals surface area (Å²) in [5.41, 5.74) is 2.26. The Labute approximate surface area is 118 Å². The number of rotatable bonds is 1. The molecule has 1 saturated heterocycles. The lowest BCUT2D eigenvalue weighted by molar-refractivity contribution is -0.0895. The predicted octanol–water partition coefficient (Wildman–Crippen LogP) is 1.44. The minimum absolute atomic E-state index is 0.0430. The summed E-state index contributed by atoms with van der Waals surface area (Å²) in [6.07, 6.45) is 0.0430. The number of morpholine rings is 1. The minimum Gasteiger partial charge on any atom is -0.378 e. The number of ether oxygens (including phenoxy) is 2. The van der Waals surface area contributed by atoms with Crippen LogP contribution in [0.15, 0.2) is 24.3 Å². The van der Waals surface area contributed by atoms with Gasteiger partial charge in [-0.1, -0.05) is 18.2 Å². The minimum atomic E-state index is 0.0430. The summed E-state index contributed by atoms with van der Waals surface area (Å²) >= 11 is 0. The lowest BCUT2D eigenvalue weighted by Crippen LogP contribution is -2.48. The third-order valence-corrected chi connectivity index (χ3v) is 4.35. The maximum absolute atomic E-state index is 6.10. The molecule has 0 unspecified atom stereocenters. The van der Waals surface area contributed by atoms with Gasteiger partial charge >= 0.3 is 0 Å². The van der Waals surface area contributed by atoms with E-state index in [4.69, 9.17) is 14.6 Å². The highest BCUT2D eigenvalue weighted by Crippen LogP contribution is 2.34. The molecule has 0 saturated carbocycles. The molecule has 0 N–H and O–H groups in total. The van der Waals surface area contributed by atoms with E-state index in [2.05, 4.69) is 34.8 Å². The molecule has 2 aliphatic rings. The van der Waals surface area contributed by atoms with Gasteiger partial charge in [-0.25, -0.2) is 0 Å². The fourth-order valence-electron chi connectivity index (χ4n) is 3.23. The number of likely N-dealkylation sites (N-methyl/N-ethyl adjacent to an activating group) is 1. The monoisotopic (exact) mass is 273 g/mol. The van der Waals surface area contributed by atoms with E-state index in [0.29, 0.717) is 0 Å². The molecular formula is C15H19N3O2. The molecule has 2 aromatic rings. The molecule has 1 aromatic carbocycles. The fraction of sp³-hybridized carbons (Fsp3) is 0.533. The zero-order chi connectivity index (χ0) is 13.5. The summed E-state index contributed by atoms with van der Waals surface area (Å²) in [6, 6.07) is 8.58. The third kappa shape index (κ3) is 1.85. The summed E-state index contributed by atoms with van der Waals surface area (Å²) in [7, 11) is 2.15. The summed E-state index contributed by atoms with van der Waals surface area (Å²) in [5, 5.41) is 5.91. The molecule has 106 valence electrons. The fourth-order valence-corrected chi connectivity index (χ4v) is 3.23. The molecule has 1 fully saturated rings. The Bertz CT molecular complexity index is 625. The molecule has 2 atom stereocenters. The Balaban J connectivity index is 1.80. The quantitative estimate of drug-likeness (QED) is 0.788. The van der Waals surface area contributed by atoms with E-state index < -0.39 is 0 Å². The van der Waals surface area contributed by atoms with Crippen molar-refractivity contribution in [2.45, 2.75) is 18.7 Å². The van der Waals surface area contributed by atoms with E-state index in [0.717, 1.165) is 38.4 Å². The van der Waals surface area contributed by atoms with Gasteiger partial charge in [0, 0.05) is 11.9 Å². The first kappa shape index (κ1) is 12.3. The SMILES string of the molecule is CN1CCOC[C@H]1[C@@H]1OCCn2nc3ccccc3c21. The highest BCUT2D eigenvalue weighted by Gasteiger charge is 2.35. The zero-order valence-corrected chi connectivity index (χ0v) is 11.7.